The van der Waals surface area contributed by atoms with Gasteiger partial charge >= 0.3 is 0 Å². The van der Waals surface area contributed by atoms with E-state index in [9.17, 15) is 4.39 Å². The number of allylic oxidation sites excluding steroid dienone is 2. The summed E-state index contributed by atoms with van der Waals surface area (Å²) >= 11 is 1.41. The first kappa shape index (κ1) is 17.2. The Balaban J connectivity index is 1.55. The Labute approximate surface area is 166 Å². The second-order valence-corrected chi connectivity index (χ2v) is 8.11. The predicted molar refractivity (Wildman–Crippen MR) is 112 cm³/mol. The van der Waals surface area contributed by atoms with Crippen LogP contribution in [-0.2, 0) is 5.41 Å². The Kier molecular flexibility index (Phi) is 3.89. The summed E-state index contributed by atoms with van der Waals surface area (Å²) in [4.78, 5) is 10.3. The van der Waals surface area contributed by atoms with Crippen molar-refractivity contribution in [1.29, 1.82) is 0 Å². The van der Waals surface area contributed by atoms with Gasteiger partial charge in [-0.05, 0) is 42.3 Å². The zero-order valence-electron chi connectivity index (χ0n) is 15.3. The molecule has 2 aromatic heterocycles. The third-order valence-electron chi connectivity index (χ3n) is 5.18. The lowest BCUT2D eigenvalue weighted by Gasteiger charge is -2.15. The topological polar surface area (TPSA) is 51.8 Å². The number of nitrogens with two attached hydrogens (primary N) is 1. The molecule has 0 amide bonds. The van der Waals surface area contributed by atoms with Crippen molar-refractivity contribution in [1.82, 2.24) is 9.97 Å². The predicted octanol–water partition coefficient (Wildman–Crippen LogP) is 5.37. The lowest BCUT2D eigenvalue weighted by Crippen LogP contribution is -2.12. The van der Waals surface area contributed by atoms with Gasteiger partial charge < -0.3 is 5.73 Å². The number of pyridine rings is 1. The van der Waals surface area contributed by atoms with Crippen LogP contribution in [0.5, 0.6) is 0 Å². The molecule has 28 heavy (non-hydrogen) atoms. The Bertz CT molecular complexity index is 1210. The Hall–Kier alpha value is -2.89. The Morgan fingerprint density at radius 3 is 2.46 bits per heavy atom. The van der Waals surface area contributed by atoms with Crippen molar-refractivity contribution in [2.75, 3.05) is 0 Å². The quantitative estimate of drug-likeness (QED) is 0.479. The summed E-state index contributed by atoms with van der Waals surface area (Å²) in [5.74, 6) is -0.307. The van der Waals surface area contributed by atoms with Crippen molar-refractivity contribution in [2.45, 2.75) is 18.4 Å². The average Bonchev–Trinajstić information content (AvgIpc) is 3.41. The van der Waals surface area contributed by atoms with Gasteiger partial charge in [-0.2, -0.15) is 0 Å². The normalized spacial score (nSPS) is 15.7. The van der Waals surface area contributed by atoms with Crippen molar-refractivity contribution >= 4 is 21.7 Å². The van der Waals surface area contributed by atoms with Crippen molar-refractivity contribution in [3.63, 3.8) is 0 Å². The number of hydrogen-bond acceptors (Lipinski definition) is 4. The molecule has 1 unspecified atom stereocenters. The molecule has 0 radical (unpaired) electrons. The molecule has 3 nitrogen and oxygen atoms in total. The van der Waals surface area contributed by atoms with Crippen LogP contribution < -0.4 is 5.73 Å². The summed E-state index contributed by atoms with van der Waals surface area (Å²) in [5, 5.41) is 0.630. The van der Waals surface area contributed by atoms with E-state index in [2.05, 4.69) is 29.3 Å². The van der Waals surface area contributed by atoms with Gasteiger partial charge in [-0.1, -0.05) is 59.9 Å². The maximum atomic E-state index is 14.6. The third-order valence-corrected chi connectivity index (χ3v) is 6.18. The zero-order chi connectivity index (χ0) is 19.3. The second-order valence-electron chi connectivity index (χ2n) is 7.14. The second kappa shape index (κ2) is 6.33. The first-order valence-electron chi connectivity index (χ1n) is 9.16. The van der Waals surface area contributed by atoms with E-state index in [0.29, 0.717) is 10.6 Å². The van der Waals surface area contributed by atoms with E-state index in [1.165, 1.54) is 23.0 Å². The minimum atomic E-state index is -0.307. The molecule has 0 aliphatic heterocycles. The molecular formula is C23H18FN3S. The maximum Gasteiger partial charge on any atom is 0.144 e. The molecule has 1 atom stereocenters. The minimum Gasteiger partial charge on any atom is -0.324 e. The van der Waals surface area contributed by atoms with Gasteiger partial charge in [-0.15, -0.1) is 0 Å². The molecule has 2 aromatic carbocycles. The van der Waals surface area contributed by atoms with E-state index in [-0.39, 0.29) is 17.3 Å². The minimum absolute atomic E-state index is 0.205. The zero-order valence-corrected chi connectivity index (χ0v) is 16.1. The summed E-state index contributed by atoms with van der Waals surface area (Å²) in [6.07, 6.45) is 4.32. The van der Waals surface area contributed by atoms with Gasteiger partial charge in [0, 0.05) is 11.6 Å². The van der Waals surface area contributed by atoms with Gasteiger partial charge in [-0.3, -0.25) is 0 Å². The fourth-order valence-corrected chi connectivity index (χ4v) is 4.42. The molecule has 0 saturated heterocycles. The largest absolute Gasteiger partial charge is 0.324 e. The van der Waals surface area contributed by atoms with Crippen LogP contribution in [-0.4, -0.2) is 9.97 Å². The van der Waals surface area contributed by atoms with Gasteiger partial charge in [0.05, 0.1) is 11.1 Å². The van der Waals surface area contributed by atoms with E-state index < -0.39 is 0 Å². The molecule has 5 rings (SSSR count). The van der Waals surface area contributed by atoms with Crippen molar-refractivity contribution in [2.24, 2.45) is 5.73 Å². The fourth-order valence-electron chi connectivity index (χ4n) is 3.46. The first-order chi connectivity index (χ1) is 13.6. The number of rotatable bonds is 4. The van der Waals surface area contributed by atoms with Crippen LogP contribution in [0.2, 0.25) is 0 Å². The lowest BCUT2D eigenvalue weighted by atomic mass is 9.89. The van der Waals surface area contributed by atoms with Crippen LogP contribution in [0.1, 0.15) is 29.8 Å². The molecule has 0 bridgehead atoms. The summed E-state index contributed by atoms with van der Waals surface area (Å²) in [5.41, 5.74) is 9.82. The molecule has 0 saturated carbocycles. The summed E-state index contributed by atoms with van der Waals surface area (Å²) < 4.78 is 14.6. The highest BCUT2D eigenvalue weighted by atomic mass is 32.1. The molecule has 2 N–H and O–H groups in total. The molecule has 5 heteroatoms. The molecule has 2 heterocycles. The number of halogens is 1. The number of hydrogen-bond donors (Lipinski definition) is 1. The van der Waals surface area contributed by atoms with Gasteiger partial charge in [0.1, 0.15) is 21.2 Å². The Morgan fingerprint density at radius 1 is 1.00 bits per heavy atom. The third kappa shape index (κ3) is 2.75. The molecule has 138 valence electrons. The van der Waals surface area contributed by atoms with Crippen LogP contribution in [0.15, 0.2) is 72.8 Å². The SMILES string of the molecule is CC(N)c1ccc(-c2nc3ccc(C4(c5ccccc5)C=C4)nc3s2)c(F)c1. The van der Waals surface area contributed by atoms with Crippen LogP contribution in [0, 0.1) is 5.82 Å². The first-order valence-corrected chi connectivity index (χ1v) is 9.98. The van der Waals surface area contributed by atoms with E-state index in [1.54, 1.807) is 6.07 Å². The molecule has 4 aromatic rings. The molecular weight excluding hydrogens is 369 g/mol. The van der Waals surface area contributed by atoms with E-state index in [4.69, 9.17) is 10.7 Å². The molecule has 0 spiro atoms. The Morgan fingerprint density at radius 2 is 1.79 bits per heavy atom. The summed E-state index contributed by atoms with van der Waals surface area (Å²) in [6.45, 7) is 1.84. The van der Waals surface area contributed by atoms with E-state index >= 15 is 0 Å². The van der Waals surface area contributed by atoms with Crippen LogP contribution in [0.4, 0.5) is 4.39 Å². The average molecular weight is 387 g/mol. The number of thiazole rings is 1. The maximum absolute atomic E-state index is 14.6. The smallest absolute Gasteiger partial charge is 0.144 e. The highest BCUT2D eigenvalue weighted by molar-refractivity contribution is 7.21. The van der Waals surface area contributed by atoms with Gasteiger partial charge in [-0.25, -0.2) is 14.4 Å². The number of aromatic nitrogens is 2. The van der Waals surface area contributed by atoms with E-state index in [1.807, 2.05) is 43.3 Å². The van der Waals surface area contributed by atoms with Crippen molar-refractivity contribution in [3.8, 4) is 10.6 Å². The van der Waals surface area contributed by atoms with Gasteiger partial charge in [0.2, 0.25) is 0 Å². The monoisotopic (exact) mass is 387 g/mol. The lowest BCUT2D eigenvalue weighted by molar-refractivity contribution is 0.626. The number of fused-ring (bicyclic) bond motifs is 1. The number of benzene rings is 2. The van der Waals surface area contributed by atoms with Gasteiger partial charge in [0.25, 0.3) is 0 Å². The fraction of sp³-hybridized carbons (Fsp3) is 0.130. The highest BCUT2D eigenvalue weighted by Gasteiger charge is 2.39. The van der Waals surface area contributed by atoms with E-state index in [0.717, 1.165) is 21.6 Å². The molecule has 1 aliphatic rings. The number of nitrogens with zero attached hydrogens (tertiary/aromatic N) is 2. The molecule has 0 fully saturated rings. The van der Waals surface area contributed by atoms with Crippen LogP contribution in [0.3, 0.4) is 0 Å². The van der Waals surface area contributed by atoms with Crippen molar-refractivity contribution in [3.05, 3.63) is 95.5 Å². The molecule has 1 aliphatic carbocycles. The van der Waals surface area contributed by atoms with Crippen LogP contribution in [0.25, 0.3) is 20.9 Å². The highest BCUT2D eigenvalue weighted by Crippen LogP contribution is 2.45. The van der Waals surface area contributed by atoms with Crippen LogP contribution >= 0.6 is 11.3 Å². The van der Waals surface area contributed by atoms with Crippen molar-refractivity contribution < 1.29 is 4.39 Å². The standard InChI is InChI=1S/C23H18FN3S/c1-14(25)15-7-8-17(18(24)13-15)21-26-19-9-10-20(27-22(19)28-21)23(11-12-23)16-5-3-2-4-6-16/h2-14H,25H2,1H3. The summed E-state index contributed by atoms with van der Waals surface area (Å²) in [6, 6.07) is 19.2. The summed E-state index contributed by atoms with van der Waals surface area (Å²) in [7, 11) is 0. The van der Waals surface area contributed by atoms with Gasteiger partial charge in [0.15, 0.2) is 0 Å².